The van der Waals surface area contributed by atoms with Crippen LogP contribution in [0.3, 0.4) is 0 Å². The van der Waals surface area contributed by atoms with Gasteiger partial charge in [0.15, 0.2) is 0 Å². The van der Waals surface area contributed by atoms with Crippen LogP contribution in [-0.4, -0.2) is 74.0 Å². The number of nitrogens with two attached hydrogens (primary N) is 1. The molecule has 0 spiro atoms. The maximum atomic E-state index is 12.3. The van der Waals surface area contributed by atoms with Gasteiger partial charge in [-0.25, -0.2) is 4.79 Å². The van der Waals surface area contributed by atoms with Gasteiger partial charge in [-0.3, -0.25) is 4.79 Å². The van der Waals surface area contributed by atoms with Gasteiger partial charge in [0.2, 0.25) is 5.91 Å². The zero-order valence-corrected chi connectivity index (χ0v) is 20.0. The number of para-hydroxylation sites is 1. The average Bonchev–Trinajstić information content (AvgIpc) is 3.29. The predicted octanol–water partition coefficient (Wildman–Crippen LogP) is 3.02. The Morgan fingerprint density at radius 1 is 1.16 bits per heavy atom. The van der Waals surface area contributed by atoms with E-state index in [4.69, 9.17) is 14.3 Å². The molecule has 1 aromatic rings. The van der Waals surface area contributed by atoms with Gasteiger partial charge < -0.3 is 29.8 Å². The molecule has 1 atom stereocenters. The number of methoxy groups -OCH3 is 1. The number of ether oxygens (including phenoxy) is 2. The number of aryl methyl sites for hydroxylation is 1. The van der Waals surface area contributed by atoms with Crippen LogP contribution in [0.4, 0.5) is 4.79 Å². The summed E-state index contributed by atoms with van der Waals surface area (Å²) in [5.74, 6) is 1.24. The fourth-order valence-corrected chi connectivity index (χ4v) is 4.36. The molecular formula is C24H39N3O5. The first kappa shape index (κ1) is 27.4. The van der Waals surface area contributed by atoms with Crippen molar-refractivity contribution in [1.82, 2.24) is 9.80 Å². The quantitative estimate of drug-likeness (QED) is 0.653. The maximum Gasteiger partial charge on any atom is 0.409 e. The van der Waals surface area contributed by atoms with Crippen LogP contribution in [0.15, 0.2) is 24.3 Å². The van der Waals surface area contributed by atoms with E-state index < -0.39 is 5.54 Å². The van der Waals surface area contributed by atoms with Gasteiger partial charge in [0.25, 0.3) is 0 Å². The summed E-state index contributed by atoms with van der Waals surface area (Å²) in [5, 5.41) is 0. The SMILES string of the molecule is C=O.CN.COC(=O)N1CC[C@H]2CCCN2C(=O)CC1(C)C.c1ccc2c(c1)CCCO2. The maximum absolute atomic E-state index is 12.3. The van der Waals surface area contributed by atoms with Crippen LogP contribution in [0.1, 0.15) is 51.5 Å². The molecule has 8 nitrogen and oxygen atoms in total. The van der Waals surface area contributed by atoms with E-state index in [2.05, 4.69) is 17.9 Å². The second-order valence-electron chi connectivity index (χ2n) is 8.34. The Labute approximate surface area is 192 Å². The highest BCUT2D eigenvalue weighted by Gasteiger charge is 2.40. The van der Waals surface area contributed by atoms with Crippen molar-refractivity contribution in [2.45, 2.75) is 64.0 Å². The second kappa shape index (κ2) is 13.7. The molecule has 0 bridgehead atoms. The number of hydrogen-bond acceptors (Lipinski definition) is 6. The van der Waals surface area contributed by atoms with Gasteiger partial charge in [-0.2, -0.15) is 0 Å². The van der Waals surface area contributed by atoms with Crippen molar-refractivity contribution in [3.63, 3.8) is 0 Å². The normalized spacial score (nSPS) is 20.7. The Morgan fingerprint density at radius 3 is 2.50 bits per heavy atom. The fourth-order valence-electron chi connectivity index (χ4n) is 4.36. The molecule has 1 aromatic carbocycles. The summed E-state index contributed by atoms with van der Waals surface area (Å²) in [4.78, 5) is 35.8. The van der Waals surface area contributed by atoms with Crippen molar-refractivity contribution in [1.29, 1.82) is 0 Å². The Balaban J connectivity index is 0.000000308. The van der Waals surface area contributed by atoms with Crippen molar-refractivity contribution in [3.8, 4) is 5.75 Å². The summed E-state index contributed by atoms with van der Waals surface area (Å²) >= 11 is 0. The van der Waals surface area contributed by atoms with Gasteiger partial charge in [0, 0.05) is 31.1 Å². The summed E-state index contributed by atoms with van der Waals surface area (Å²) in [6, 6.07) is 8.56. The lowest BCUT2D eigenvalue weighted by atomic mass is 9.94. The third kappa shape index (κ3) is 7.22. The van der Waals surface area contributed by atoms with Crippen molar-refractivity contribution in [2.24, 2.45) is 5.73 Å². The van der Waals surface area contributed by atoms with Crippen LogP contribution in [0.5, 0.6) is 5.75 Å². The summed E-state index contributed by atoms with van der Waals surface area (Å²) in [5.41, 5.74) is 5.38. The number of benzene rings is 1. The summed E-state index contributed by atoms with van der Waals surface area (Å²) < 4.78 is 10.3. The summed E-state index contributed by atoms with van der Waals surface area (Å²) in [7, 11) is 2.89. The van der Waals surface area contributed by atoms with Crippen molar-refractivity contribution < 1.29 is 23.9 Å². The van der Waals surface area contributed by atoms with E-state index in [0.717, 1.165) is 44.6 Å². The first-order chi connectivity index (χ1) is 15.4. The number of fused-ring (bicyclic) bond motifs is 2. The third-order valence-corrected chi connectivity index (χ3v) is 5.91. The molecule has 2 N–H and O–H groups in total. The molecule has 4 rings (SSSR count). The lowest BCUT2D eigenvalue weighted by Crippen LogP contribution is -2.54. The van der Waals surface area contributed by atoms with E-state index >= 15 is 0 Å². The molecule has 0 radical (unpaired) electrons. The van der Waals surface area contributed by atoms with Crippen LogP contribution < -0.4 is 10.5 Å². The molecule has 0 saturated carbocycles. The zero-order valence-electron chi connectivity index (χ0n) is 20.0. The van der Waals surface area contributed by atoms with Crippen LogP contribution in [0.25, 0.3) is 0 Å². The largest absolute Gasteiger partial charge is 0.493 e. The van der Waals surface area contributed by atoms with Crippen molar-refractivity contribution in [2.75, 3.05) is 33.9 Å². The summed E-state index contributed by atoms with van der Waals surface area (Å²) in [6.07, 6.45) is 5.37. The highest BCUT2D eigenvalue weighted by Crippen LogP contribution is 2.30. The Morgan fingerprint density at radius 2 is 1.84 bits per heavy atom. The number of carbonyl (C=O) groups is 3. The van der Waals surface area contributed by atoms with Crippen molar-refractivity contribution >= 4 is 18.8 Å². The van der Waals surface area contributed by atoms with Crippen LogP contribution in [0, 0.1) is 0 Å². The Hall–Kier alpha value is -2.61. The zero-order chi connectivity index (χ0) is 24.1. The van der Waals surface area contributed by atoms with E-state index in [1.807, 2.05) is 37.7 Å². The molecule has 180 valence electrons. The van der Waals surface area contributed by atoms with Gasteiger partial charge in [0.05, 0.1) is 13.7 Å². The standard InChI is InChI=1S/C13H22N2O3.C9H10O.CH5N.CH2O/c1-13(2)9-11(16)14-7-4-5-10(14)6-8-15(13)12(17)18-3;1-2-6-9-8(4-1)5-3-7-10-9;2*1-2/h10H,4-9H2,1-3H3;1-2,4,6H,3,5,7H2;2H2,1H3;1H2/t10-;;;/m1.../s1. The molecule has 3 aliphatic heterocycles. The molecule has 32 heavy (non-hydrogen) atoms. The molecule has 2 amide bonds. The smallest absolute Gasteiger partial charge is 0.409 e. The van der Waals surface area contributed by atoms with Gasteiger partial charge in [-0.15, -0.1) is 0 Å². The molecule has 8 heteroatoms. The lowest BCUT2D eigenvalue weighted by molar-refractivity contribution is -0.136. The third-order valence-electron chi connectivity index (χ3n) is 5.91. The second-order valence-corrected chi connectivity index (χ2v) is 8.34. The van der Waals surface area contributed by atoms with E-state index in [1.54, 1.807) is 4.90 Å². The monoisotopic (exact) mass is 449 g/mol. The van der Waals surface area contributed by atoms with Crippen LogP contribution in [-0.2, 0) is 20.7 Å². The molecule has 0 aromatic heterocycles. The molecule has 3 aliphatic rings. The highest BCUT2D eigenvalue weighted by atomic mass is 16.5. The van der Waals surface area contributed by atoms with E-state index in [0.29, 0.717) is 19.0 Å². The van der Waals surface area contributed by atoms with E-state index in [1.165, 1.54) is 26.1 Å². The molecule has 3 heterocycles. The minimum Gasteiger partial charge on any atom is -0.493 e. The fraction of sp³-hybridized carbons (Fsp3) is 0.625. The lowest BCUT2D eigenvalue weighted by Gasteiger charge is -2.42. The number of nitrogens with zero attached hydrogens (tertiary/aromatic N) is 2. The number of amides is 2. The molecule has 0 unspecified atom stereocenters. The van der Waals surface area contributed by atoms with Gasteiger partial charge in [-0.1, -0.05) is 18.2 Å². The molecule has 2 saturated heterocycles. The first-order valence-corrected chi connectivity index (χ1v) is 11.1. The molecule has 0 aliphatic carbocycles. The average molecular weight is 450 g/mol. The topological polar surface area (TPSA) is 102 Å². The molecule has 2 fully saturated rings. The number of rotatable bonds is 0. The number of hydrogen-bond donors (Lipinski definition) is 1. The Bertz CT molecular complexity index is 700. The first-order valence-electron chi connectivity index (χ1n) is 11.1. The summed E-state index contributed by atoms with van der Waals surface area (Å²) in [6.45, 7) is 8.28. The molecular weight excluding hydrogens is 410 g/mol. The van der Waals surface area contributed by atoms with E-state index in [-0.39, 0.29) is 12.0 Å². The Kier molecular flexibility index (Phi) is 11.8. The van der Waals surface area contributed by atoms with Gasteiger partial charge in [-0.05, 0) is 64.6 Å². The minimum absolute atomic E-state index is 0.163. The van der Waals surface area contributed by atoms with Crippen molar-refractivity contribution in [3.05, 3.63) is 29.8 Å². The predicted molar refractivity (Wildman–Crippen MR) is 125 cm³/mol. The number of carbonyl (C=O) groups excluding carboxylic acids is 3. The van der Waals surface area contributed by atoms with Gasteiger partial charge >= 0.3 is 6.09 Å². The van der Waals surface area contributed by atoms with Crippen LogP contribution >= 0.6 is 0 Å². The highest BCUT2D eigenvalue weighted by molar-refractivity contribution is 5.79. The van der Waals surface area contributed by atoms with Crippen LogP contribution in [0.2, 0.25) is 0 Å². The minimum atomic E-state index is -0.474. The van der Waals surface area contributed by atoms with Gasteiger partial charge in [0.1, 0.15) is 12.5 Å². The van der Waals surface area contributed by atoms with E-state index in [9.17, 15) is 9.59 Å².